The summed E-state index contributed by atoms with van der Waals surface area (Å²) in [5.74, 6) is 0.535. The van der Waals surface area contributed by atoms with Crippen LogP contribution in [0.3, 0.4) is 0 Å². The second-order valence-corrected chi connectivity index (χ2v) is 5.74. The Labute approximate surface area is 121 Å². The molecule has 1 saturated carbocycles. The lowest BCUT2D eigenvalue weighted by molar-refractivity contribution is 0.0559. The molecule has 2 N–H and O–H groups in total. The molecule has 1 aromatic rings. The molecule has 1 amide bonds. The molecule has 5 nitrogen and oxygen atoms in total. The maximum Gasteiger partial charge on any atom is 0.257 e. The normalized spacial score (nSPS) is 22.8. The molecule has 0 radical (unpaired) electrons. The topological polar surface area (TPSA) is 64.2 Å². The molecule has 0 aliphatic heterocycles. The number of nitrogens with two attached hydrogens (primary N) is 1. The van der Waals surface area contributed by atoms with E-state index in [0.717, 1.165) is 30.6 Å². The lowest BCUT2D eigenvalue weighted by atomic mass is 9.83. The SMILES string of the molecule is CCN(C(=O)c1cn(C)nc1C)C1CCCCC1CN. The van der Waals surface area contributed by atoms with Crippen LogP contribution < -0.4 is 5.73 Å². The summed E-state index contributed by atoms with van der Waals surface area (Å²) in [7, 11) is 1.85. The summed E-state index contributed by atoms with van der Waals surface area (Å²) in [6, 6.07) is 0.283. The van der Waals surface area contributed by atoms with Gasteiger partial charge in [0.2, 0.25) is 0 Å². The minimum absolute atomic E-state index is 0.100. The number of hydrogen-bond donors (Lipinski definition) is 1. The number of nitrogens with zero attached hydrogens (tertiary/aromatic N) is 3. The van der Waals surface area contributed by atoms with E-state index in [1.165, 1.54) is 12.8 Å². The zero-order chi connectivity index (χ0) is 14.7. The van der Waals surface area contributed by atoms with Crippen LogP contribution in [-0.2, 0) is 7.05 Å². The third kappa shape index (κ3) is 2.87. The van der Waals surface area contributed by atoms with E-state index in [1.807, 2.05) is 32.0 Å². The molecule has 1 heterocycles. The first kappa shape index (κ1) is 15.0. The van der Waals surface area contributed by atoms with Crippen molar-refractivity contribution in [3.05, 3.63) is 17.5 Å². The molecule has 0 aromatic carbocycles. The highest BCUT2D eigenvalue weighted by atomic mass is 16.2. The summed E-state index contributed by atoms with van der Waals surface area (Å²) in [6.45, 7) is 5.34. The summed E-state index contributed by atoms with van der Waals surface area (Å²) < 4.78 is 1.71. The molecular formula is C15H26N4O. The van der Waals surface area contributed by atoms with E-state index in [4.69, 9.17) is 5.73 Å². The first-order valence-corrected chi connectivity index (χ1v) is 7.59. The maximum atomic E-state index is 12.8. The minimum atomic E-state index is 0.100. The lowest BCUT2D eigenvalue weighted by Crippen LogP contribution is -2.48. The molecule has 0 spiro atoms. The van der Waals surface area contributed by atoms with Gasteiger partial charge in [-0.15, -0.1) is 0 Å². The van der Waals surface area contributed by atoms with Gasteiger partial charge in [0.1, 0.15) is 0 Å². The van der Waals surface area contributed by atoms with Gasteiger partial charge in [0, 0.05) is 25.8 Å². The van der Waals surface area contributed by atoms with Gasteiger partial charge in [-0.25, -0.2) is 0 Å². The first-order chi connectivity index (χ1) is 9.58. The Morgan fingerprint density at radius 3 is 2.75 bits per heavy atom. The average molecular weight is 278 g/mol. The Morgan fingerprint density at radius 2 is 2.20 bits per heavy atom. The molecule has 1 fully saturated rings. The fourth-order valence-electron chi connectivity index (χ4n) is 3.37. The molecule has 112 valence electrons. The predicted molar refractivity (Wildman–Crippen MR) is 79.5 cm³/mol. The number of carbonyl (C=O) groups is 1. The second-order valence-electron chi connectivity index (χ2n) is 5.74. The van der Waals surface area contributed by atoms with Gasteiger partial charge in [-0.2, -0.15) is 5.10 Å². The molecule has 5 heteroatoms. The summed E-state index contributed by atoms with van der Waals surface area (Å²) in [6.07, 6.45) is 6.45. The molecule has 1 aliphatic rings. The van der Waals surface area contributed by atoms with Gasteiger partial charge in [-0.05, 0) is 39.2 Å². The standard InChI is InChI=1S/C15H26N4O/c1-4-19(14-8-6-5-7-12(14)9-16)15(20)13-10-18(3)17-11(13)2/h10,12,14H,4-9,16H2,1-3H3. The van der Waals surface area contributed by atoms with Gasteiger partial charge >= 0.3 is 0 Å². The van der Waals surface area contributed by atoms with Gasteiger partial charge < -0.3 is 10.6 Å². The minimum Gasteiger partial charge on any atom is -0.336 e. The summed E-state index contributed by atoms with van der Waals surface area (Å²) in [5.41, 5.74) is 7.42. The van der Waals surface area contributed by atoms with Crippen molar-refractivity contribution in [2.24, 2.45) is 18.7 Å². The molecule has 1 aromatic heterocycles. The van der Waals surface area contributed by atoms with Gasteiger partial charge in [-0.1, -0.05) is 12.8 Å². The number of rotatable bonds is 4. The van der Waals surface area contributed by atoms with E-state index in [9.17, 15) is 4.79 Å². The van der Waals surface area contributed by atoms with Crippen LogP contribution in [0.15, 0.2) is 6.20 Å². The number of aromatic nitrogens is 2. The van der Waals surface area contributed by atoms with Crippen molar-refractivity contribution in [3.8, 4) is 0 Å². The highest BCUT2D eigenvalue weighted by molar-refractivity contribution is 5.95. The van der Waals surface area contributed by atoms with Gasteiger partial charge in [0.15, 0.2) is 0 Å². The van der Waals surface area contributed by atoms with Crippen LogP contribution >= 0.6 is 0 Å². The fraction of sp³-hybridized carbons (Fsp3) is 0.733. The Morgan fingerprint density at radius 1 is 1.50 bits per heavy atom. The van der Waals surface area contributed by atoms with E-state index in [1.54, 1.807) is 4.68 Å². The van der Waals surface area contributed by atoms with Crippen LogP contribution in [0.2, 0.25) is 0 Å². The van der Waals surface area contributed by atoms with Crippen LogP contribution in [0.5, 0.6) is 0 Å². The molecule has 20 heavy (non-hydrogen) atoms. The third-order valence-corrected chi connectivity index (χ3v) is 4.42. The highest BCUT2D eigenvalue weighted by Crippen LogP contribution is 2.29. The highest BCUT2D eigenvalue weighted by Gasteiger charge is 2.32. The summed E-state index contributed by atoms with van der Waals surface area (Å²) >= 11 is 0. The quantitative estimate of drug-likeness (QED) is 0.912. The van der Waals surface area contributed by atoms with Crippen molar-refractivity contribution >= 4 is 5.91 Å². The van der Waals surface area contributed by atoms with Gasteiger partial charge in [-0.3, -0.25) is 9.48 Å². The van der Waals surface area contributed by atoms with Crippen LogP contribution in [0, 0.1) is 12.8 Å². The Bertz CT molecular complexity index is 468. The number of carbonyl (C=O) groups excluding carboxylic acids is 1. The van der Waals surface area contributed by atoms with E-state index in [-0.39, 0.29) is 11.9 Å². The Balaban J connectivity index is 2.22. The van der Waals surface area contributed by atoms with Crippen molar-refractivity contribution < 1.29 is 4.79 Å². The number of hydrogen-bond acceptors (Lipinski definition) is 3. The van der Waals surface area contributed by atoms with Crippen LogP contribution in [-0.4, -0.2) is 39.7 Å². The number of aryl methyl sites for hydroxylation is 2. The molecule has 2 unspecified atom stereocenters. The molecule has 0 saturated heterocycles. The molecular weight excluding hydrogens is 252 g/mol. The summed E-state index contributed by atoms with van der Waals surface area (Å²) in [5, 5.41) is 4.28. The average Bonchev–Trinajstić information content (AvgIpc) is 2.79. The lowest BCUT2D eigenvalue weighted by Gasteiger charge is -2.39. The van der Waals surface area contributed by atoms with Crippen LogP contribution in [0.25, 0.3) is 0 Å². The third-order valence-electron chi connectivity index (χ3n) is 4.42. The molecule has 2 rings (SSSR count). The smallest absolute Gasteiger partial charge is 0.257 e. The van der Waals surface area contributed by atoms with E-state index in [2.05, 4.69) is 5.10 Å². The monoisotopic (exact) mass is 278 g/mol. The summed E-state index contributed by atoms with van der Waals surface area (Å²) in [4.78, 5) is 14.8. The fourth-order valence-corrected chi connectivity index (χ4v) is 3.37. The first-order valence-electron chi connectivity index (χ1n) is 7.59. The largest absolute Gasteiger partial charge is 0.336 e. The zero-order valence-corrected chi connectivity index (χ0v) is 12.8. The van der Waals surface area contributed by atoms with Gasteiger partial charge in [0.25, 0.3) is 5.91 Å². The Kier molecular flexibility index (Phi) is 4.81. The van der Waals surface area contributed by atoms with E-state index in [0.29, 0.717) is 12.5 Å². The second kappa shape index (κ2) is 6.39. The van der Waals surface area contributed by atoms with Crippen molar-refractivity contribution in [2.45, 2.75) is 45.6 Å². The van der Waals surface area contributed by atoms with Crippen LogP contribution in [0.1, 0.15) is 48.7 Å². The van der Waals surface area contributed by atoms with Crippen molar-refractivity contribution in [1.29, 1.82) is 0 Å². The zero-order valence-electron chi connectivity index (χ0n) is 12.8. The van der Waals surface area contributed by atoms with Crippen molar-refractivity contribution in [3.63, 3.8) is 0 Å². The molecule has 2 atom stereocenters. The van der Waals surface area contributed by atoms with Crippen molar-refractivity contribution in [1.82, 2.24) is 14.7 Å². The molecule has 0 bridgehead atoms. The molecule has 1 aliphatic carbocycles. The van der Waals surface area contributed by atoms with Crippen LogP contribution in [0.4, 0.5) is 0 Å². The van der Waals surface area contributed by atoms with Crippen molar-refractivity contribution in [2.75, 3.05) is 13.1 Å². The van der Waals surface area contributed by atoms with Gasteiger partial charge in [0.05, 0.1) is 11.3 Å². The Hall–Kier alpha value is -1.36. The van der Waals surface area contributed by atoms with E-state index >= 15 is 0 Å². The van der Waals surface area contributed by atoms with E-state index < -0.39 is 0 Å². The predicted octanol–water partition coefficient (Wildman–Crippen LogP) is 1.71. The number of amides is 1. The maximum absolute atomic E-state index is 12.8.